The third-order valence-corrected chi connectivity index (χ3v) is 8.04. The summed E-state index contributed by atoms with van der Waals surface area (Å²) in [5.74, 6) is -0.274. The van der Waals surface area contributed by atoms with Gasteiger partial charge in [0.1, 0.15) is 5.60 Å². The lowest BCUT2D eigenvalue weighted by Crippen LogP contribution is -2.53. The van der Waals surface area contributed by atoms with Crippen molar-refractivity contribution >= 4 is 21.8 Å². The van der Waals surface area contributed by atoms with E-state index < -0.39 is 43.7 Å². The van der Waals surface area contributed by atoms with Gasteiger partial charge in [0.25, 0.3) is 0 Å². The summed E-state index contributed by atoms with van der Waals surface area (Å²) in [6.07, 6.45) is -1.06. The lowest BCUT2D eigenvalue weighted by Gasteiger charge is -2.38. The van der Waals surface area contributed by atoms with Crippen LogP contribution in [-0.4, -0.2) is 31.6 Å². The Morgan fingerprint density at radius 1 is 0.947 bits per heavy atom. The Kier molecular flexibility index (Phi) is 8.80. The number of hydrogen-bond acceptors (Lipinski definition) is 5. The molecule has 2 aromatic carbocycles. The highest BCUT2D eigenvalue weighted by molar-refractivity contribution is 7.91. The minimum absolute atomic E-state index is 0.0776. The minimum atomic E-state index is -4.66. The number of carbonyl (C=O) groups is 2. The number of alkyl carbamates (subject to hydrolysis) is 1. The summed E-state index contributed by atoms with van der Waals surface area (Å²) < 4.78 is 70.1. The lowest BCUT2D eigenvalue weighted by atomic mass is 9.79. The first-order chi connectivity index (χ1) is 17.6. The molecule has 0 heterocycles. The first kappa shape index (κ1) is 29.5. The highest BCUT2D eigenvalue weighted by Crippen LogP contribution is 2.33. The summed E-state index contributed by atoms with van der Waals surface area (Å²) in [5, 5.41) is 5.71. The molecular weight excluding hydrogens is 521 g/mol. The van der Waals surface area contributed by atoms with Crippen molar-refractivity contribution in [2.75, 3.05) is 0 Å². The van der Waals surface area contributed by atoms with Crippen LogP contribution in [0.4, 0.5) is 18.0 Å². The van der Waals surface area contributed by atoms with Crippen LogP contribution in [0.25, 0.3) is 0 Å². The number of alkyl halides is 3. The number of sulfone groups is 1. The van der Waals surface area contributed by atoms with Gasteiger partial charge >= 0.3 is 12.3 Å². The molecule has 2 N–H and O–H groups in total. The maximum atomic E-state index is 13.0. The first-order valence-electron chi connectivity index (χ1n) is 12.4. The molecule has 3 rings (SSSR count). The number of rotatable bonds is 7. The Morgan fingerprint density at radius 3 is 2.16 bits per heavy atom. The van der Waals surface area contributed by atoms with Crippen molar-refractivity contribution in [3.63, 3.8) is 0 Å². The SMILES string of the molecule is CC(C)(C)OC(=O)NC1(CC(=O)NCc2ccc(S(=O)(=O)c3cccc(C(F)(F)F)c3)cc2)CCCCC1. The van der Waals surface area contributed by atoms with Crippen molar-refractivity contribution < 1.29 is 35.9 Å². The number of hydrogen-bond donors (Lipinski definition) is 2. The van der Waals surface area contributed by atoms with E-state index in [4.69, 9.17) is 4.74 Å². The monoisotopic (exact) mass is 554 g/mol. The van der Waals surface area contributed by atoms with Crippen molar-refractivity contribution in [3.8, 4) is 0 Å². The number of ether oxygens (including phenoxy) is 1. The first-order valence-corrected chi connectivity index (χ1v) is 13.9. The van der Waals surface area contributed by atoms with Gasteiger partial charge in [0.05, 0.1) is 20.9 Å². The molecule has 7 nitrogen and oxygen atoms in total. The summed E-state index contributed by atoms with van der Waals surface area (Å²) in [6, 6.07) is 9.17. The van der Waals surface area contributed by atoms with E-state index in [1.165, 1.54) is 24.3 Å². The van der Waals surface area contributed by atoms with Crippen LogP contribution >= 0.6 is 0 Å². The van der Waals surface area contributed by atoms with Crippen molar-refractivity contribution in [3.05, 3.63) is 59.7 Å². The second-order valence-electron chi connectivity index (χ2n) is 10.6. The predicted octanol–water partition coefficient (Wildman–Crippen LogP) is 5.77. The molecular formula is C27H33F3N2O5S. The smallest absolute Gasteiger partial charge is 0.416 e. The van der Waals surface area contributed by atoms with E-state index in [-0.39, 0.29) is 23.8 Å². The van der Waals surface area contributed by atoms with Gasteiger partial charge < -0.3 is 15.4 Å². The molecule has 1 aliphatic rings. The molecule has 38 heavy (non-hydrogen) atoms. The van der Waals surface area contributed by atoms with E-state index >= 15 is 0 Å². The van der Waals surface area contributed by atoms with Crippen LogP contribution in [0.5, 0.6) is 0 Å². The summed E-state index contributed by atoms with van der Waals surface area (Å²) in [6.45, 7) is 5.42. The topological polar surface area (TPSA) is 102 Å². The molecule has 0 bridgehead atoms. The van der Waals surface area contributed by atoms with Crippen LogP contribution in [0.2, 0.25) is 0 Å². The van der Waals surface area contributed by atoms with E-state index in [9.17, 15) is 31.2 Å². The van der Waals surface area contributed by atoms with Crippen LogP contribution in [0, 0.1) is 0 Å². The number of benzene rings is 2. The molecule has 2 aromatic rings. The predicted molar refractivity (Wildman–Crippen MR) is 135 cm³/mol. The zero-order valence-corrected chi connectivity index (χ0v) is 22.5. The Morgan fingerprint density at radius 2 is 1.58 bits per heavy atom. The maximum absolute atomic E-state index is 13.0. The molecule has 0 aliphatic heterocycles. The summed E-state index contributed by atoms with van der Waals surface area (Å²) in [7, 11) is -4.16. The van der Waals surface area contributed by atoms with Gasteiger partial charge in [0, 0.05) is 13.0 Å². The molecule has 0 aromatic heterocycles. The number of carbonyl (C=O) groups excluding carboxylic acids is 2. The molecule has 11 heteroatoms. The van der Waals surface area contributed by atoms with E-state index in [0.29, 0.717) is 24.5 Å². The van der Waals surface area contributed by atoms with E-state index in [0.717, 1.165) is 37.5 Å². The molecule has 1 saturated carbocycles. The van der Waals surface area contributed by atoms with Gasteiger partial charge in [-0.2, -0.15) is 13.2 Å². The fraction of sp³-hybridized carbons (Fsp3) is 0.481. The van der Waals surface area contributed by atoms with Crippen molar-refractivity contribution in [1.29, 1.82) is 0 Å². The van der Waals surface area contributed by atoms with Crippen LogP contribution < -0.4 is 10.6 Å². The largest absolute Gasteiger partial charge is 0.444 e. The quantitative estimate of drug-likeness (QED) is 0.452. The van der Waals surface area contributed by atoms with Gasteiger partial charge in [-0.1, -0.05) is 37.5 Å². The van der Waals surface area contributed by atoms with Crippen LogP contribution in [-0.2, 0) is 32.1 Å². The van der Waals surface area contributed by atoms with Crippen LogP contribution in [0.1, 0.15) is 70.4 Å². The maximum Gasteiger partial charge on any atom is 0.416 e. The standard InChI is InChI=1S/C27H33F3N2O5S/c1-25(2,3)37-24(34)32-26(14-5-4-6-15-26)17-23(33)31-18-19-10-12-21(13-11-19)38(35,36)22-9-7-8-20(16-22)27(28,29)30/h7-13,16H,4-6,14-15,17-18H2,1-3H3,(H,31,33)(H,32,34). The highest BCUT2D eigenvalue weighted by atomic mass is 32.2. The second kappa shape index (κ2) is 11.3. The molecule has 208 valence electrons. The van der Waals surface area contributed by atoms with Crippen LogP contribution in [0.3, 0.4) is 0 Å². The van der Waals surface area contributed by atoms with Crippen molar-refractivity contribution in [2.45, 2.75) is 92.9 Å². The molecule has 0 radical (unpaired) electrons. The molecule has 1 aliphatic carbocycles. The molecule has 0 atom stereocenters. The van der Waals surface area contributed by atoms with Crippen molar-refractivity contribution in [1.82, 2.24) is 10.6 Å². The Balaban J connectivity index is 1.64. The van der Waals surface area contributed by atoms with Gasteiger partial charge in [-0.15, -0.1) is 0 Å². The average molecular weight is 555 g/mol. The fourth-order valence-electron chi connectivity index (χ4n) is 4.43. The fourth-order valence-corrected chi connectivity index (χ4v) is 5.73. The summed E-state index contributed by atoms with van der Waals surface area (Å²) in [4.78, 5) is 24.6. The lowest BCUT2D eigenvalue weighted by molar-refractivity contribution is -0.137. The molecule has 0 unspecified atom stereocenters. The van der Waals surface area contributed by atoms with Crippen molar-refractivity contribution in [2.24, 2.45) is 0 Å². The normalized spacial score (nSPS) is 15.9. The Hall–Kier alpha value is -3.08. The molecule has 0 saturated heterocycles. The van der Waals surface area contributed by atoms with Gasteiger partial charge in [-0.25, -0.2) is 13.2 Å². The Labute approximate surface area is 221 Å². The zero-order chi connectivity index (χ0) is 28.2. The Bertz CT molecular complexity index is 1250. The highest BCUT2D eigenvalue weighted by Gasteiger charge is 2.37. The second-order valence-corrected chi connectivity index (χ2v) is 12.5. The van der Waals surface area contributed by atoms with Gasteiger partial charge in [0.15, 0.2) is 0 Å². The number of nitrogens with one attached hydrogen (secondary N) is 2. The number of amides is 2. The molecule has 0 spiro atoms. The van der Waals surface area contributed by atoms with Gasteiger partial charge in [0.2, 0.25) is 15.7 Å². The van der Waals surface area contributed by atoms with E-state index in [1.807, 2.05) is 0 Å². The summed E-state index contributed by atoms with van der Waals surface area (Å²) >= 11 is 0. The molecule has 2 amide bonds. The minimum Gasteiger partial charge on any atom is -0.444 e. The van der Waals surface area contributed by atoms with Gasteiger partial charge in [-0.3, -0.25) is 4.79 Å². The zero-order valence-electron chi connectivity index (χ0n) is 21.7. The van der Waals surface area contributed by atoms with E-state index in [2.05, 4.69) is 10.6 Å². The average Bonchev–Trinajstić information content (AvgIpc) is 2.81. The third kappa shape index (κ3) is 7.96. The van der Waals surface area contributed by atoms with Crippen LogP contribution in [0.15, 0.2) is 58.3 Å². The van der Waals surface area contributed by atoms with E-state index in [1.54, 1.807) is 20.8 Å². The van der Waals surface area contributed by atoms with Gasteiger partial charge in [-0.05, 0) is 69.5 Å². The third-order valence-electron chi connectivity index (χ3n) is 6.27. The molecule has 1 fully saturated rings. The number of halogens is 3. The summed E-state index contributed by atoms with van der Waals surface area (Å²) in [5.41, 5.74) is -1.80.